The van der Waals surface area contributed by atoms with Crippen LogP contribution in [0.25, 0.3) is 16.9 Å². The Morgan fingerprint density at radius 3 is 2.59 bits per heavy atom. The van der Waals surface area contributed by atoms with Gasteiger partial charge in [-0.15, -0.1) is 0 Å². The van der Waals surface area contributed by atoms with Crippen LogP contribution < -0.4 is 15.0 Å². The van der Waals surface area contributed by atoms with Gasteiger partial charge in [-0.3, -0.25) is 4.40 Å². The van der Waals surface area contributed by atoms with Crippen molar-refractivity contribution >= 4 is 23.2 Å². The number of amides is 2. The van der Waals surface area contributed by atoms with Crippen molar-refractivity contribution in [3.05, 3.63) is 73.2 Å². The van der Waals surface area contributed by atoms with E-state index < -0.39 is 0 Å². The molecule has 8 nitrogen and oxygen atoms in total. The molecule has 0 saturated carbocycles. The highest BCUT2D eigenvalue weighted by molar-refractivity contribution is 5.89. The minimum Gasteiger partial charge on any atom is -0.497 e. The summed E-state index contributed by atoms with van der Waals surface area (Å²) >= 11 is 0. The third kappa shape index (κ3) is 3.82. The van der Waals surface area contributed by atoms with Crippen LogP contribution in [0.1, 0.15) is 0 Å². The average Bonchev–Trinajstić information content (AvgIpc) is 3.29. The molecule has 1 saturated heterocycles. The second kappa shape index (κ2) is 8.58. The Labute approximate surface area is 186 Å². The van der Waals surface area contributed by atoms with Gasteiger partial charge in [-0.2, -0.15) is 0 Å². The number of hydrogen-bond acceptors (Lipinski definition) is 5. The van der Waals surface area contributed by atoms with E-state index in [0.29, 0.717) is 26.2 Å². The average molecular weight is 428 g/mol. The van der Waals surface area contributed by atoms with Crippen LogP contribution in [0.5, 0.6) is 5.75 Å². The molecule has 0 aliphatic carbocycles. The predicted octanol–water partition coefficient (Wildman–Crippen LogP) is 3.76. The minimum absolute atomic E-state index is 0.0804. The van der Waals surface area contributed by atoms with Crippen LogP contribution >= 0.6 is 0 Å². The van der Waals surface area contributed by atoms with E-state index in [1.54, 1.807) is 13.3 Å². The predicted molar refractivity (Wildman–Crippen MR) is 124 cm³/mol. The summed E-state index contributed by atoms with van der Waals surface area (Å²) in [5.41, 5.74) is 3.60. The number of carbonyl (C=O) groups excluding carboxylic acids is 1. The van der Waals surface area contributed by atoms with Gasteiger partial charge in [0.15, 0.2) is 11.5 Å². The van der Waals surface area contributed by atoms with Gasteiger partial charge in [-0.1, -0.05) is 30.3 Å². The molecule has 8 heteroatoms. The zero-order valence-electron chi connectivity index (χ0n) is 17.8. The highest BCUT2D eigenvalue weighted by Crippen LogP contribution is 2.28. The van der Waals surface area contributed by atoms with Crippen molar-refractivity contribution < 1.29 is 9.53 Å². The van der Waals surface area contributed by atoms with Crippen molar-refractivity contribution in [1.29, 1.82) is 0 Å². The normalized spacial score (nSPS) is 13.9. The van der Waals surface area contributed by atoms with E-state index in [9.17, 15) is 4.79 Å². The molecule has 0 bridgehead atoms. The number of methoxy groups -OCH3 is 1. The van der Waals surface area contributed by atoms with E-state index in [0.717, 1.165) is 34.2 Å². The molecule has 32 heavy (non-hydrogen) atoms. The lowest BCUT2D eigenvalue weighted by Crippen LogP contribution is -2.50. The SMILES string of the molecule is COc1cccc(-c2cnc3c(N4CCN(C(=O)Nc5ccccc5)CC4)nccn23)c1. The molecule has 1 aliphatic rings. The summed E-state index contributed by atoms with van der Waals surface area (Å²) in [7, 11) is 1.66. The minimum atomic E-state index is -0.0804. The van der Waals surface area contributed by atoms with Crippen LogP contribution in [0.2, 0.25) is 0 Å². The molecule has 1 aliphatic heterocycles. The van der Waals surface area contributed by atoms with Gasteiger partial charge in [0.2, 0.25) is 0 Å². The monoisotopic (exact) mass is 428 g/mol. The van der Waals surface area contributed by atoms with Gasteiger partial charge in [-0.25, -0.2) is 14.8 Å². The molecule has 1 fully saturated rings. The molecule has 162 valence electrons. The van der Waals surface area contributed by atoms with Gasteiger partial charge >= 0.3 is 6.03 Å². The summed E-state index contributed by atoms with van der Waals surface area (Å²) in [6.45, 7) is 2.61. The summed E-state index contributed by atoms with van der Waals surface area (Å²) in [5, 5.41) is 2.95. The number of imidazole rings is 1. The number of para-hydroxylation sites is 1. The van der Waals surface area contributed by atoms with Crippen LogP contribution in [0, 0.1) is 0 Å². The molecular formula is C24H24N6O2. The molecule has 0 atom stereocenters. The lowest BCUT2D eigenvalue weighted by Gasteiger charge is -2.35. The van der Waals surface area contributed by atoms with Gasteiger partial charge in [0, 0.05) is 49.8 Å². The molecule has 1 N–H and O–H groups in total. The smallest absolute Gasteiger partial charge is 0.321 e. The first kappa shape index (κ1) is 19.9. The number of urea groups is 1. The van der Waals surface area contributed by atoms with E-state index in [2.05, 4.69) is 20.2 Å². The lowest BCUT2D eigenvalue weighted by atomic mass is 10.1. The summed E-state index contributed by atoms with van der Waals surface area (Å²) in [4.78, 5) is 25.9. The second-order valence-electron chi connectivity index (χ2n) is 7.59. The van der Waals surface area contributed by atoms with Crippen molar-refractivity contribution in [3.8, 4) is 17.0 Å². The third-order valence-corrected chi connectivity index (χ3v) is 5.67. The molecule has 0 spiro atoms. The third-order valence-electron chi connectivity index (χ3n) is 5.67. The maximum atomic E-state index is 12.6. The van der Waals surface area contributed by atoms with E-state index in [1.807, 2.05) is 76.3 Å². The maximum Gasteiger partial charge on any atom is 0.321 e. The Morgan fingerprint density at radius 1 is 1.00 bits per heavy atom. The zero-order chi connectivity index (χ0) is 21.9. The van der Waals surface area contributed by atoms with Gasteiger partial charge in [0.05, 0.1) is 19.0 Å². The Morgan fingerprint density at radius 2 is 1.81 bits per heavy atom. The number of ether oxygens (including phenoxy) is 1. The Kier molecular flexibility index (Phi) is 5.33. The number of nitrogens with zero attached hydrogens (tertiary/aromatic N) is 5. The molecule has 3 heterocycles. The van der Waals surface area contributed by atoms with Crippen molar-refractivity contribution in [2.75, 3.05) is 43.5 Å². The number of benzene rings is 2. The Bertz CT molecular complexity index is 1230. The van der Waals surface area contributed by atoms with E-state index in [-0.39, 0.29) is 6.03 Å². The van der Waals surface area contributed by atoms with E-state index in [4.69, 9.17) is 4.74 Å². The number of aromatic nitrogens is 3. The van der Waals surface area contributed by atoms with Gasteiger partial charge in [0.1, 0.15) is 5.75 Å². The molecule has 2 amide bonds. The number of nitrogens with one attached hydrogen (secondary N) is 1. The number of piperazine rings is 1. The van der Waals surface area contributed by atoms with E-state index >= 15 is 0 Å². The molecule has 2 aromatic heterocycles. The summed E-state index contributed by atoms with van der Waals surface area (Å²) < 4.78 is 7.41. The van der Waals surface area contributed by atoms with Crippen LogP contribution in [-0.2, 0) is 0 Å². The molecular weight excluding hydrogens is 404 g/mol. The summed E-state index contributed by atoms with van der Waals surface area (Å²) in [6, 6.07) is 17.4. The lowest BCUT2D eigenvalue weighted by molar-refractivity contribution is 0.208. The van der Waals surface area contributed by atoms with Crippen molar-refractivity contribution in [1.82, 2.24) is 19.3 Å². The molecule has 0 radical (unpaired) electrons. The standard InChI is InChI=1S/C24H24N6O2/c1-32-20-9-5-6-18(16-20)21-17-26-23-22(25-10-11-30(21)23)28-12-14-29(15-13-28)24(31)27-19-7-3-2-4-8-19/h2-11,16-17H,12-15H2,1H3,(H,27,31). The number of hydrogen-bond donors (Lipinski definition) is 1. The first-order valence-electron chi connectivity index (χ1n) is 10.6. The van der Waals surface area contributed by atoms with Crippen molar-refractivity contribution in [2.24, 2.45) is 0 Å². The van der Waals surface area contributed by atoms with Crippen LogP contribution in [0.4, 0.5) is 16.3 Å². The fraction of sp³-hybridized carbons (Fsp3) is 0.208. The molecule has 0 unspecified atom stereocenters. The summed E-state index contributed by atoms with van der Waals surface area (Å²) in [6.07, 6.45) is 5.57. The largest absolute Gasteiger partial charge is 0.497 e. The summed E-state index contributed by atoms with van der Waals surface area (Å²) in [5.74, 6) is 1.63. The fourth-order valence-electron chi connectivity index (χ4n) is 3.97. The number of carbonyl (C=O) groups is 1. The van der Waals surface area contributed by atoms with Crippen LogP contribution in [0.3, 0.4) is 0 Å². The Balaban J connectivity index is 1.33. The van der Waals surface area contributed by atoms with Gasteiger partial charge in [0.25, 0.3) is 0 Å². The van der Waals surface area contributed by atoms with Gasteiger partial charge in [-0.05, 0) is 24.3 Å². The highest BCUT2D eigenvalue weighted by Gasteiger charge is 2.24. The zero-order valence-corrected chi connectivity index (χ0v) is 17.8. The first-order valence-corrected chi connectivity index (χ1v) is 10.6. The van der Waals surface area contributed by atoms with Crippen LogP contribution in [0.15, 0.2) is 73.2 Å². The molecule has 5 rings (SSSR count). The highest BCUT2D eigenvalue weighted by atomic mass is 16.5. The Hall–Kier alpha value is -4.07. The quantitative estimate of drug-likeness (QED) is 0.536. The first-order chi connectivity index (χ1) is 15.7. The molecule has 2 aromatic carbocycles. The topological polar surface area (TPSA) is 75.0 Å². The second-order valence-corrected chi connectivity index (χ2v) is 7.59. The fourth-order valence-corrected chi connectivity index (χ4v) is 3.97. The van der Waals surface area contributed by atoms with Gasteiger partial charge < -0.3 is 19.9 Å². The number of rotatable bonds is 4. The van der Waals surface area contributed by atoms with Crippen molar-refractivity contribution in [3.63, 3.8) is 0 Å². The number of anilines is 2. The van der Waals surface area contributed by atoms with Crippen molar-refractivity contribution in [2.45, 2.75) is 0 Å². The molecule has 4 aromatic rings. The number of fused-ring (bicyclic) bond motifs is 1. The van der Waals surface area contributed by atoms with E-state index in [1.165, 1.54) is 0 Å². The van der Waals surface area contributed by atoms with Crippen LogP contribution in [-0.4, -0.2) is 58.6 Å². The maximum absolute atomic E-state index is 12.6.